The standard InChI is InChI=1S/C19H35N5O2S/c1-13(12-24(8)18(25)26-19(4,5)6)11-22-17(20-7)21-10-9-16-23-14(2)15(3)27-16/h13H,9-12H2,1-8H3,(H2,20,21,22). The van der Waals surface area contributed by atoms with Crippen LogP contribution in [0.15, 0.2) is 4.99 Å². The number of nitrogens with zero attached hydrogens (tertiary/aromatic N) is 3. The molecule has 0 aliphatic heterocycles. The number of amides is 1. The molecule has 0 aromatic carbocycles. The van der Waals surface area contributed by atoms with E-state index in [9.17, 15) is 4.79 Å². The summed E-state index contributed by atoms with van der Waals surface area (Å²) in [5, 5.41) is 7.76. The van der Waals surface area contributed by atoms with Crippen molar-refractivity contribution >= 4 is 23.4 Å². The van der Waals surface area contributed by atoms with Crippen LogP contribution in [-0.4, -0.2) is 61.3 Å². The van der Waals surface area contributed by atoms with Crippen LogP contribution in [0.25, 0.3) is 0 Å². The van der Waals surface area contributed by atoms with Gasteiger partial charge in [0.15, 0.2) is 5.96 Å². The van der Waals surface area contributed by atoms with E-state index >= 15 is 0 Å². The zero-order valence-electron chi connectivity index (χ0n) is 18.0. The number of carbonyl (C=O) groups is 1. The van der Waals surface area contributed by atoms with E-state index in [0.29, 0.717) is 13.1 Å². The van der Waals surface area contributed by atoms with Gasteiger partial charge < -0.3 is 20.3 Å². The van der Waals surface area contributed by atoms with Crippen LogP contribution in [0, 0.1) is 19.8 Å². The lowest BCUT2D eigenvalue weighted by Gasteiger charge is -2.26. The Balaban J connectivity index is 2.33. The van der Waals surface area contributed by atoms with Gasteiger partial charge in [-0.3, -0.25) is 4.99 Å². The van der Waals surface area contributed by atoms with Gasteiger partial charge in [-0.25, -0.2) is 9.78 Å². The van der Waals surface area contributed by atoms with Crippen LogP contribution < -0.4 is 10.6 Å². The van der Waals surface area contributed by atoms with Gasteiger partial charge in [0.05, 0.1) is 10.7 Å². The summed E-state index contributed by atoms with van der Waals surface area (Å²) in [4.78, 5) is 23.7. The van der Waals surface area contributed by atoms with Gasteiger partial charge in [-0.1, -0.05) is 6.92 Å². The van der Waals surface area contributed by atoms with Gasteiger partial charge in [0.25, 0.3) is 0 Å². The first-order chi connectivity index (χ1) is 12.5. The number of rotatable bonds is 7. The van der Waals surface area contributed by atoms with Gasteiger partial charge in [0, 0.05) is 45.0 Å². The minimum absolute atomic E-state index is 0.255. The third-order valence-corrected chi connectivity index (χ3v) is 4.97. The lowest BCUT2D eigenvalue weighted by atomic mass is 10.1. The maximum absolute atomic E-state index is 12.0. The van der Waals surface area contributed by atoms with Crippen molar-refractivity contribution in [1.29, 1.82) is 0 Å². The molecule has 7 nitrogen and oxygen atoms in total. The molecule has 1 amide bonds. The molecule has 0 saturated heterocycles. The number of carbonyl (C=O) groups excluding carboxylic acids is 1. The molecule has 0 aliphatic carbocycles. The van der Waals surface area contributed by atoms with Crippen molar-refractivity contribution in [2.45, 2.75) is 53.6 Å². The number of aryl methyl sites for hydroxylation is 2. The summed E-state index contributed by atoms with van der Waals surface area (Å²) in [6.45, 7) is 13.9. The second kappa shape index (κ2) is 10.5. The molecule has 1 rings (SSSR count). The highest BCUT2D eigenvalue weighted by Crippen LogP contribution is 2.16. The Bertz CT molecular complexity index is 617. The Hall–Kier alpha value is -1.83. The highest BCUT2D eigenvalue weighted by molar-refractivity contribution is 7.11. The molecule has 1 atom stereocenters. The first-order valence-electron chi connectivity index (χ1n) is 9.33. The molecule has 0 saturated carbocycles. The largest absolute Gasteiger partial charge is 0.444 e. The second-order valence-electron chi connectivity index (χ2n) is 7.85. The van der Waals surface area contributed by atoms with E-state index in [0.717, 1.165) is 29.6 Å². The Morgan fingerprint density at radius 1 is 1.33 bits per heavy atom. The molecule has 1 heterocycles. The maximum Gasteiger partial charge on any atom is 0.410 e. The number of guanidine groups is 1. The molecule has 1 aromatic rings. The Morgan fingerprint density at radius 3 is 2.52 bits per heavy atom. The van der Waals surface area contributed by atoms with E-state index in [1.54, 1.807) is 30.3 Å². The van der Waals surface area contributed by atoms with E-state index in [1.165, 1.54) is 4.88 Å². The van der Waals surface area contributed by atoms with E-state index in [2.05, 4.69) is 34.5 Å². The van der Waals surface area contributed by atoms with Gasteiger partial charge in [-0.2, -0.15) is 0 Å². The number of aromatic nitrogens is 1. The maximum atomic E-state index is 12.0. The van der Waals surface area contributed by atoms with Crippen molar-refractivity contribution in [1.82, 2.24) is 20.5 Å². The fraction of sp³-hybridized carbons (Fsp3) is 0.737. The van der Waals surface area contributed by atoms with E-state index in [4.69, 9.17) is 4.74 Å². The predicted octanol–water partition coefficient (Wildman–Crippen LogP) is 2.97. The first-order valence-corrected chi connectivity index (χ1v) is 10.1. The summed E-state index contributed by atoms with van der Waals surface area (Å²) in [7, 11) is 3.51. The summed E-state index contributed by atoms with van der Waals surface area (Å²) in [5.41, 5.74) is 0.633. The second-order valence-corrected chi connectivity index (χ2v) is 9.13. The van der Waals surface area contributed by atoms with Crippen LogP contribution >= 0.6 is 11.3 Å². The van der Waals surface area contributed by atoms with Crippen LogP contribution in [0.5, 0.6) is 0 Å². The molecule has 1 unspecified atom stereocenters. The zero-order valence-corrected chi connectivity index (χ0v) is 18.8. The number of ether oxygens (including phenoxy) is 1. The summed E-state index contributed by atoms with van der Waals surface area (Å²) in [6, 6.07) is 0. The minimum Gasteiger partial charge on any atom is -0.444 e. The van der Waals surface area contributed by atoms with E-state index in [1.807, 2.05) is 27.7 Å². The molecule has 27 heavy (non-hydrogen) atoms. The molecular formula is C19H35N5O2S. The lowest BCUT2D eigenvalue weighted by Crippen LogP contribution is -2.43. The fourth-order valence-electron chi connectivity index (χ4n) is 2.37. The summed E-state index contributed by atoms with van der Waals surface area (Å²) in [5.74, 6) is 1.01. The Kier molecular flexibility index (Phi) is 9.02. The Morgan fingerprint density at radius 2 is 2.00 bits per heavy atom. The van der Waals surface area contributed by atoms with Crippen molar-refractivity contribution in [3.8, 4) is 0 Å². The summed E-state index contributed by atoms with van der Waals surface area (Å²) in [6.07, 6.45) is 0.572. The number of hydrogen-bond donors (Lipinski definition) is 2. The normalized spacial score (nSPS) is 13.3. The van der Waals surface area contributed by atoms with Gasteiger partial charge in [0.1, 0.15) is 5.60 Å². The quantitative estimate of drug-likeness (QED) is 0.546. The molecule has 0 spiro atoms. The molecule has 2 N–H and O–H groups in total. The van der Waals surface area contributed by atoms with Gasteiger partial charge in [0.2, 0.25) is 0 Å². The van der Waals surface area contributed by atoms with Crippen LogP contribution in [0.1, 0.15) is 43.3 Å². The van der Waals surface area contributed by atoms with Crippen molar-refractivity contribution in [3.63, 3.8) is 0 Å². The van der Waals surface area contributed by atoms with Gasteiger partial charge >= 0.3 is 6.09 Å². The number of nitrogens with one attached hydrogen (secondary N) is 2. The number of hydrogen-bond acceptors (Lipinski definition) is 5. The zero-order chi connectivity index (χ0) is 20.6. The van der Waals surface area contributed by atoms with Crippen molar-refractivity contribution < 1.29 is 9.53 Å². The molecular weight excluding hydrogens is 362 g/mol. The van der Waals surface area contributed by atoms with Gasteiger partial charge in [-0.05, 0) is 40.5 Å². The van der Waals surface area contributed by atoms with Crippen LogP contribution in [-0.2, 0) is 11.2 Å². The molecule has 154 valence electrons. The topological polar surface area (TPSA) is 78.9 Å². The van der Waals surface area contributed by atoms with Crippen molar-refractivity contribution in [2.75, 3.05) is 33.7 Å². The molecule has 8 heteroatoms. The number of thiazole rings is 1. The molecule has 0 bridgehead atoms. The highest BCUT2D eigenvalue weighted by Gasteiger charge is 2.20. The average Bonchev–Trinajstić information content (AvgIpc) is 2.87. The van der Waals surface area contributed by atoms with Crippen molar-refractivity contribution in [3.05, 3.63) is 15.6 Å². The SMILES string of the molecule is CN=C(NCCc1nc(C)c(C)s1)NCC(C)CN(C)C(=O)OC(C)(C)C. The predicted molar refractivity (Wildman–Crippen MR) is 113 cm³/mol. The lowest BCUT2D eigenvalue weighted by molar-refractivity contribution is 0.0278. The smallest absolute Gasteiger partial charge is 0.410 e. The molecule has 0 aliphatic rings. The monoisotopic (exact) mass is 397 g/mol. The fourth-order valence-corrected chi connectivity index (χ4v) is 3.31. The highest BCUT2D eigenvalue weighted by atomic mass is 32.1. The van der Waals surface area contributed by atoms with E-state index in [-0.39, 0.29) is 12.0 Å². The van der Waals surface area contributed by atoms with E-state index < -0.39 is 5.60 Å². The average molecular weight is 398 g/mol. The molecule has 1 aromatic heterocycles. The molecule has 0 fully saturated rings. The van der Waals surface area contributed by atoms with Crippen LogP contribution in [0.4, 0.5) is 4.79 Å². The molecule has 0 radical (unpaired) electrons. The van der Waals surface area contributed by atoms with Gasteiger partial charge in [-0.15, -0.1) is 11.3 Å². The third kappa shape index (κ3) is 9.08. The third-order valence-electron chi connectivity index (χ3n) is 3.84. The number of aliphatic imine (C=N–C) groups is 1. The van der Waals surface area contributed by atoms with Crippen LogP contribution in [0.3, 0.4) is 0 Å². The van der Waals surface area contributed by atoms with Crippen LogP contribution in [0.2, 0.25) is 0 Å². The minimum atomic E-state index is -0.479. The Labute approximate surface area is 167 Å². The summed E-state index contributed by atoms with van der Waals surface area (Å²) < 4.78 is 5.38. The summed E-state index contributed by atoms with van der Waals surface area (Å²) >= 11 is 1.74. The van der Waals surface area contributed by atoms with Crippen molar-refractivity contribution in [2.24, 2.45) is 10.9 Å². The first kappa shape index (κ1) is 23.2.